The van der Waals surface area contributed by atoms with Gasteiger partial charge in [0.2, 0.25) is 0 Å². The maximum absolute atomic E-state index is 13.0. The average molecular weight is 256 g/mol. The third kappa shape index (κ3) is 5.10. The van der Waals surface area contributed by atoms with Gasteiger partial charge in [0.25, 0.3) is 0 Å². The molecule has 0 saturated heterocycles. The Labute approximate surface area is 107 Å². The molecule has 0 bridgehead atoms. The number of halogens is 1. The van der Waals surface area contributed by atoms with E-state index in [-0.39, 0.29) is 5.82 Å². The van der Waals surface area contributed by atoms with Crippen LogP contribution >= 0.6 is 12.2 Å². The van der Waals surface area contributed by atoms with Crippen LogP contribution < -0.4 is 5.32 Å². The smallest absolute Gasteiger partial charge is 0.169 e. The normalized spacial score (nSPS) is 10.1. The van der Waals surface area contributed by atoms with Crippen LogP contribution in [0, 0.1) is 5.82 Å². The highest BCUT2D eigenvalue weighted by molar-refractivity contribution is 7.80. The van der Waals surface area contributed by atoms with E-state index < -0.39 is 0 Å². The molecule has 1 N–H and O–H groups in total. The van der Waals surface area contributed by atoms with Crippen LogP contribution in [0.1, 0.15) is 5.56 Å². The maximum Gasteiger partial charge on any atom is 0.169 e. The van der Waals surface area contributed by atoms with Gasteiger partial charge in [0.1, 0.15) is 5.82 Å². The molecule has 0 unspecified atom stereocenters. The van der Waals surface area contributed by atoms with E-state index >= 15 is 0 Å². The molecule has 0 spiro atoms. The zero-order valence-electron chi connectivity index (χ0n) is 10.1. The van der Waals surface area contributed by atoms with Crippen molar-refractivity contribution in [2.45, 2.75) is 6.54 Å². The van der Waals surface area contributed by atoms with Crippen molar-refractivity contribution >= 4 is 17.3 Å². The van der Waals surface area contributed by atoms with Gasteiger partial charge in [-0.25, -0.2) is 4.39 Å². The first-order chi connectivity index (χ1) is 8.13. The topological polar surface area (TPSA) is 24.5 Å². The Morgan fingerprint density at radius 1 is 1.53 bits per heavy atom. The number of ether oxygens (including phenoxy) is 1. The van der Waals surface area contributed by atoms with E-state index in [1.165, 1.54) is 12.1 Å². The standard InChI is InChI=1S/C12H17FN2OS/c1-15(12(17)14-6-7-16-2)9-10-4-3-5-11(13)8-10/h3-5,8H,6-7,9H2,1-2H3,(H,14,17). The molecule has 5 heteroatoms. The molecule has 1 aromatic carbocycles. The van der Waals surface area contributed by atoms with Crippen LogP contribution in [0.3, 0.4) is 0 Å². The van der Waals surface area contributed by atoms with Crippen LogP contribution in [0.15, 0.2) is 24.3 Å². The number of hydrogen-bond acceptors (Lipinski definition) is 2. The second-order valence-electron chi connectivity index (χ2n) is 3.71. The van der Waals surface area contributed by atoms with Crippen molar-refractivity contribution in [3.05, 3.63) is 35.6 Å². The largest absolute Gasteiger partial charge is 0.383 e. The number of rotatable bonds is 5. The molecule has 0 saturated carbocycles. The minimum Gasteiger partial charge on any atom is -0.383 e. The van der Waals surface area contributed by atoms with Crippen LogP contribution in [0.4, 0.5) is 4.39 Å². The second kappa shape index (κ2) is 7.19. The van der Waals surface area contributed by atoms with E-state index in [9.17, 15) is 4.39 Å². The summed E-state index contributed by atoms with van der Waals surface area (Å²) in [5, 5.41) is 3.69. The third-order valence-electron chi connectivity index (χ3n) is 2.24. The summed E-state index contributed by atoms with van der Waals surface area (Å²) in [6.45, 7) is 1.85. The van der Waals surface area contributed by atoms with Crippen molar-refractivity contribution in [3.63, 3.8) is 0 Å². The minimum atomic E-state index is -0.228. The van der Waals surface area contributed by atoms with Gasteiger partial charge in [0.15, 0.2) is 5.11 Å². The van der Waals surface area contributed by atoms with Crippen molar-refractivity contribution in [2.24, 2.45) is 0 Å². The summed E-state index contributed by atoms with van der Waals surface area (Å²) < 4.78 is 17.9. The first-order valence-electron chi connectivity index (χ1n) is 5.36. The van der Waals surface area contributed by atoms with Gasteiger partial charge in [-0.05, 0) is 29.9 Å². The van der Waals surface area contributed by atoms with Gasteiger partial charge in [-0.1, -0.05) is 12.1 Å². The fourth-order valence-electron chi connectivity index (χ4n) is 1.38. The van der Waals surface area contributed by atoms with Crippen molar-refractivity contribution in [3.8, 4) is 0 Å². The van der Waals surface area contributed by atoms with Crippen molar-refractivity contribution in [2.75, 3.05) is 27.3 Å². The number of nitrogens with zero attached hydrogens (tertiary/aromatic N) is 1. The Balaban J connectivity index is 2.43. The van der Waals surface area contributed by atoms with Gasteiger partial charge < -0.3 is 15.0 Å². The Morgan fingerprint density at radius 2 is 2.29 bits per heavy atom. The van der Waals surface area contributed by atoms with Crippen molar-refractivity contribution < 1.29 is 9.13 Å². The minimum absolute atomic E-state index is 0.228. The number of methoxy groups -OCH3 is 1. The number of thiocarbonyl (C=S) groups is 1. The zero-order valence-corrected chi connectivity index (χ0v) is 10.9. The van der Waals surface area contributed by atoms with E-state index in [4.69, 9.17) is 17.0 Å². The zero-order chi connectivity index (χ0) is 12.7. The Hall–Kier alpha value is -1.20. The molecule has 94 valence electrons. The third-order valence-corrected chi connectivity index (χ3v) is 2.69. The van der Waals surface area contributed by atoms with Gasteiger partial charge in [0, 0.05) is 27.2 Å². The molecule has 0 aliphatic carbocycles. The average Bonchev–Trinajstić information content (AvgIpc) is 2.29. The predicted octanol–water partition coefficient (Wildman–Crippen LogP) is 1.78. The molecule has 0 aromatic heterocycles. The number of hydrogen-bond donors (Lipinski definition) is 1. The Bertz CT molecular complexity index is 373. The van der Waals surface area contributed by atoms with Gasteiger partial charge >= 0.3 is 0 Å². The summed E-state index contributed by atoms with van der Waals surface area (Å²) in [6, 6.07) is 6.50. The summed E-state index contributed by atoms with van der Waals surface area (Å²) >= 11 is 5.19. The lowest BCUT2D eigenvalue weighted by Gasteiger charge is -2.21. The van der Waals surface area contributed by atoms with Gasteiger partial charge in [-0.2, -0.15) is 0 Å². The summed E-state index contributed by atoms with van der Waals surface area (Å²) in [4.78, 5) is 1.86. The molecule has 1 rings (SSSR count). The Kier molecular flexibility index (Phi) is 5.86. The van der Waals surface area contributed by atoms with Crippen molar-refractivity contribution in [1.82, 2.24) is 10.2 Å². The van der Waals surface area contributed by atoms with E-state index in [2.05, 4.69) is 5.32 Å². The predicted molar refractivity (Wildman–Crippen MR) is 70.3 cm³/mol. The lowest BCUT2D eigenvalue weighted by atomic mass is 10.2. The molecule has 0 radical (unpaired) electrons. The monoisotopic (exact) mass is 256 g/mol. The number of benzene rings is 1. The molecule has 0 atom stereocenters. The Morgan fingerprint density at radius 3 is 2.94 bits per heavy atom. The van der Waals surface area contributed by atoms with E-state index in [0.29, 0.717) is 24.8 Å². The highest BCUT2D eigenvalue weighted by atomic mass is 32.1. The molecule has 3 nitrogen and oxygen atoms in total. The summed E-state index contributed by atoms with van der Waals surface area (Å²) in [5.41, 5.74) is 0.892. The van der Waals surface area contributed by atoms with Crippen LogP contribution in [-0.2, 0) is 11.3 Å². The fraction of sp³-hybridized carbons (Fsp3) is 0.417. The molecule has 1 aromatic rings. The van der Waals surface area contributed by atoms with Crippen LogP contribution in [-0.4, -0.2) is 37.3 Å². The van der Waals surface area contributed by atoms with E-state index in [1.54, 1.807) is 13.2 Å². The van der Waals surface area contributed by atoms with Crippen LogP contribution in [0.2, 0.25) is 0 Å². The van der Waals surface area contributed by atoms with E-state index in [0.717, 1.165) is 5.56 Å². The molecule has 0 aliphatic rings. The quantitative estimate of drug-likeness (QED) is 0.641. The fourth-order valence-corrected chi connectivity index (χ4v) is 1.54. The van der Waals surface area contributed by atoms with Gasteiger partial charge in [-0.15, -0.1) is 0 Å². The van der Waals surface area contributed by atoms with Gasteiger partial charge in [-0.3, -0.25) is 0 Å². The van der Waals surface area contributed by atoms with Crippen molar-refractivity contribution in [1.29, 1.82) is 0 Å². The molecule has 0 heterocycles. The van der Waals surface area contributed by atoms with E-state index in [1.807, 2.05) is 18.0 Å². The van der Waals surface area contributed by atoms with Crippen LogP contribution in [0.25, 0.3) is 0 Å². The van der Waals surface area contributed by atoms with Gasteiger partial charge in [0.05, 0.1) is 6.61 Å². The highest BCUT2D eigenvalue weighted by Gasteiger charge is 2.04. The summed E-state index contributed by atoms with van der Waals surface area (Å²) in [6.07, 6.45) is 0. The maximum atomic E-state index is 13.0. The molecular formula is C12H17FN2OS. The first-order valence-corrected chi connectivity index (χ1v) is 5.76. The molecular weight excluding hydrogens is 239 g/mol. The molecule has 17 heavy (non-hydrogen) atoms. The summed E-state index contributed by atoms with van der Waals surface area (Å²) in [5.74, 6) is -0.228. The second-order valence-corrected chi connectivity index (χ2v) is 4.10. The molecule has 0 fully saturated rings. The SMILES string of the molecule is COCCNC(=S)N(C)Cc1cccc(F)c1. The molecule has 0 amide bonds. The summed E-state index contributed by atoms with van der Waals surface area (Å²) in [7, 11) is 3.51. The lowest BCUT2D eigenvalue weighted by Crippen LogP contribution is -2.38. The lowest BCUT2D eigenvalue weighted by molar-refractivity contribution is 0.203. The molecule has 0 aliphatic heterocycles. The highest BCUT2D eigenvalue weighted by Crippen LogP contribution is 2.06. The van der Waals surface area contributed by atoms with Crippen LogP contribution in [0.5, 0.6) is 0 Å². The first kappa shape index (κ1) is 13.9. The number of nitrogens with one attached hydrogen (secondary N) is 1.